The van der Waals surface area contributed by atoms with Crippen molar-refractivity contribution in [2.45, 2.75) is 37.8 Å². The largest absolute Gasteiger partial charge is 0.496 e. The molecular formula is C27H25BrN4O3S2. The summed E-state index contributed by atoms with van der Waals surface area (Å²) in [4.78, 5) is 33.3. The highest BCUT2D eigenvalue weighted by Gasteiger charge is 2.23. The van der Waals surface area contributed by atoms with Gasteiger partial charge in [-0.2, -0.15) is 5.10 Å². The van der Waals surface area contributed by atoms with Crippen LogP contribution in [0, 0.1) is 6.92 Å². The van der Waals surface area contributed by atoms with E-state index in [-0.39, 0.29) is 17.2 Å². The van der Waals surface area contributed by atoms with Gasteiger partial charge in [-0.25, -0.2) is 10.4 Å². The van der Waals surface area contributed by atoms with Crippen LogP contribution >= 0.6 is 39.0 Å². The van der Waals surface area contributed by atoms with E-state index in [0.29, 0.717) is 10.9 Å². The van der Waals surface area contributed by atoms with E-state index in [1.165, 1.54) is 16.6 Å². The molecule has 2 aromatic carbocycles. The second kappa shape index (κ2) is 11.2. The molecule has 0 saturated carbocycles. The second-order valence-electron chi connectivity index (χ2n) is 8.74. The number of benzene rings is 2. The fourth-order valence-electron chi connectivity index (χ4n) is 4.31. The minimum Gasteiger partial charge on any atom is -0.496 e. The molecule has 7 nitrogen and oxygen atoms in total. The molecular weight excluding hydrogens is 572 g/mol. The van der Waals surface area contributed by atoms with E-state index in [1.54, 1.807) is 29.2 Å². The molecule has 2 heterocycles. The molecule has 0 spiro atoms. The Morgan fingerprint density at radius 1 is 1.24 bits per heavy atom. The molecule has 37 heavy (non-hydrogen) atoms. The molecule has 0 bridgehead atoms. The first kappa shape index (κ1) is 25.7. The third-order valence-corrected chi connectivity index (χ3v) is 8.91. The number of aryl methyl sites for hydroxylation is 3. The van der Waals surface area contributed by atoms with Crippen LogP contribution in [0.15, 0.2) is 62.0 Å². The lowest BCUT2D eigenvalue weighted by atomic mass is 9.97. The molecule has 5 rings (SSSR count). The molecule has 1 aliphatic rings. The Bertz CT molecular complexity index is 1560. The summed E-state index contributed by atoms with van der Waals surface area (Å²) in [6.45, 7) is 2.01. The summed E-state index contributed by atoms with van der Waals surface area (Å²) < 4.78 is 7.67. The second-order valence-corrected chi connectivity index (χ2v) is 11.6. The van der Waals surface area contributed by atoms with Crippen molar-refractivity contribution in [2.75, 3.05) is 12.9 Å². The Hall–Kier alpha value is -2.95. The number of hydrogen-bond donors (Lipinski definition) is 1. The molecule has 1 aliphatic carbocycles. The molecule has 1 N–H and O–H groups in total. The molecule has 0 unspecified atom stereocenters. The molecule has 0 atom stereocenters. The first-order chi connectivity index (χ1) is 17.9. The minimum atomic E-state index is -0.288. The molecule has 0 saturated heterocycles. The molecule has 0 fully saturated rings. The van der Waals surface area contributed by atoms with Crippen molar-refractivity contribution in [3.8, 4) is 11.4 Å². The average Bonchev–Trinajstić information content (AvgIpc) is 3.27. The minimum absolute atomic E-state index is 0.0680. The van der Waals surface area contributed by atoms with E-state index in [1.807, 2.05) is 49.4 Å². The Morgan fingerprint density at radius 2 is 2.03 bits per heavy atom. The zero-order valence-electron chi connectivity index (χ0n) is 20.4. The maximum Gasteiger partial charge on any atom is 0.267 e. The van der Waals surface area contributed by atoms with Gasteiger partial charge in [-0.1, -0.05) is 29.5 Å². The number of fused-ring (bicyclic) bond motifs is 3. The van der Waals surface area contributed by atoms with Gasteiger partial charge < -0.3 is 4.74 Å². The number of ether oxygens (including phenoxy) is 1. The van der Waals surface area contributed by atoms with Crippen LogP contribution in [0.4, 0.5) is 0 Å². The number of thiophene rings is 1. The fourth-order valence-corrected chi connectivity index (χ4v) is 6.97. The Morgan fingerprint density at radius 3 is 2.78 bits per heavy atom. The molecule has 4 aromatic rings. The van der Waals surface area contributed by atoms with Crippen molar-refractivity contribution in [3.63, 3.8) is 0 Å². The van der Waals surface area contributed by atoms with E-state index in [2.05, 4.69) is 26.5 Å². The number of rotatable bonds is 7. The van der Waals surface area contributed by atoms with Crippen molar-refractivity contribution in [2.24, 2.45) is 5.10 Å². The monoisotopic (exact) mass is 596 g/mol. The number of nitrogens with zero attached hydrogens (tertiary/aromatic N) is 3. The Labute approximate surface area is 231 Å². The van der Waals surface area contributed by atoms with Crippen LogP contribution in [0.1, 0.15) is 34.4 Å². The Kier molecular flexibility index (Phi) is 7.78. The van der Waals surface area contributed by atoms with Crippen LogP contribution < -0.4 is 15.7 Å². The lowest BCUT2D eigenvalue weighted by molar-refractivity contribution is -0.118. The lowest BCUT2D eigenvalue weighted by Crippen LogP contribution is -2.24. The maximum absolute atomic E-state index is 13.8. The number of aromatic nitrogens is 2. The van der Waals surface area contributed by atoms with Gasteiger partial charge in [0, 0.05) is 4.88 Å². The van der Waals surface area contributed by atoms with Gasteiger partial charge in [-0.05, 0) is 90.0 Å². The topological polar surface area (TPSA) is 85.6 Å². The number of carbonyl (C=O) groups is 1. The number of amides is 1. The summed E-state index contributed by atoms with van der Waals surface area (Å²) in [5, 5.41) is 5.29. The number of thioether (sulfide) groups is 1. The van der Waals surface area contributed by atoms with Crippen molar-refractivity contribution >= 4 is 61.4 Å². The smallest absolute Gasteiger partial charge is 0.267 e. The third kappa shape index (κ3) is 5.51. The highest BCUT2D eigenvalue weighted by molar-refractivity contribution is 9.10. The van der Waals surface area contributed by atoms with E-state index in [0.717, 1.165) is 62.8 Å². The molecule has 10 heteroatoms. The summed E-state index contributed by atoms with van der Waals surface area (Å²) in [6.07, 6.45) is 5.70. The van der Waals surface area contributed by atoms with Gasteiger partial charge in [-0.15, -0.1) is 11.3 Å². The van der Waals surface area contributed by atoms with E-state index < -0.39 is 0 Å². The number of hydrogen-bond acceptors (Lipinski definition) is 7. The van der Waals surface area contributed by atoms with Crippen LogP contribution in [0.3, 0.4) is 0 Å². The summed E-state index contributed by atoms with van der Waals surface area (Å²) in [6, 6.07) is 13.3. The summed E-state index contributed by atoms with van der Waals surface area (Å²) in [5.41, 5.74) is 6.30. The van der Waals surface area contributed by atoms with Gasteiger partial charge >= 0.3 is 0 Å². The third-order valence-electron chi connectivity index (χ3n) is 6.16. The summed E-state index contributed by atoms with van der Waals surface area (Å²) >= 11 is 6.28. The van der Waals surface area contributed by atoms with Crippen LogP contribution in [-0.4, -0.2) is 34.5 Å². The number of hydrazone groups is 1. The molecule has 0 aliphatic heterocycles. The van der Waals surface area contributed by atoms with Crippen LogP contribution in [0.5, 0.6) is 5.75 Å². The summed E-state index contributed by atoms with van der Waals surface area (Å²) in [5.74, 6) is 0.496. The standard InChI is InChI=1S/C27H25BrN4O3S2/c1-16-7-10-18(11-8-16)32-26(34)24-19-5-3-4-6-22(19)37-25(24)30-27(32)36-15-23(33)31-29-14-17-9-12-21(35-2)20(28)13-17/h7-14H,3-6,15H2,1-2H3,(H,31,33)/b29-14-. The lowest BCUT2D eigenvalue weighted by Gasteiger charge is -2.13. The zero-order chi connectivity index (χ0) is 25.9. The fraction of sp³-hybridized carbons (Fsp3) is 0.259. The van der Waals surface area contributed by atoms with E-state index >= 15 is 0 Å². The van der Waals surface area contributed by atoms with Gasteiger partial charge in [0.1, 0.15) is 10.6 Å². The molecule has 2 aromatic heterocycles. The number of halogens is 1. The van der Waals surface area contributed by atoms with E-state index in [4.69, 9.17) is 9.72 Å². The number of methoxy groups -OCH3 is 1. The summed E-state index contributed by atoms with van der Waals surface area (Å²) in [7, 11) is 1.60. The van der Waals surface area contributed by atoms with Crippen LogP contribution in [0.2, 0.25) is 0 Å². The van der Waals surface area contributed by atoms with Gasteiger partial charge in [0.05, 0.1) is 34.6 Å². The highest BCUT2D eigenvalue weighted by atomic mass is 79.9. The van der Waals surface area contributed by atoms with Crippen molar-refractivity contribution < 1.29 is 9.53 Å². The van der Waals surface area contributed by atoms with Gasteiger partial charge in [0.2, 0.25) is 0 Å². The van der Waals surface area contributed by atoms with E-state index in [9.17, 15) is 9.59 Å². The van der Waals surface area contributed by atoms with Crippen molar-refractivity contribution in [3.05, 3.63) is 78.9 Å². The normalized spacial score (nSPS) is 13.2. The molecule has 190 valence electrons. The van der Waals surface area contributed by atoms with Crippen molar-refractivity contribution in [1.82, 2.24) is 15.0 Å². The zero-order valence-corrected chi connectivity index (χ0v) is 23.6. The van der Waals surface area contributed by atoms with Crippen LogP contribution in [0.25, 0.3) is 15.9 Å². The maximum atomic E-state index is 13.8. The van der Waals surface area contributed by atoms with Gasteiger partial charge in [0.25, 0.3) is 11.5 Å². The Balaban J connectivity index is 1.39. The average molecular weight is 598 g/mol. The number of carbonyl (C=O) groups excluding carboxylic acids is 1. The molecule has 1 amide bonds. The first-order valence-corrected chi connectivity index (χ1v) is 14.5. The number of nitrogens with one attached hydrogen (secondary N) is 1. The van der Waals surface area contributed by atoms with Gasteiger partial charge in [-0.3, -0.25) is 14.2 Å². The predicted octanol–water partition coefficient (Wildman–Crippen LogP) is 5.65. The van der Waals surface area contributed by atoms with Crippen molar-refractivity contribution in [1.29, 1.82) is 0 Å². The van der Waals surface area contributed by atoms with Crippen LogP contribution in [-0.2, 0) is 17.6 Å². The SMILES string of the molecule is COc1ccc(/C=N\NC(=O)CSc2nc3sc4c(c3c(=O)n2-c2ccc(C)cc2)CCCC4)cc1Br. The highest BCUT2D eigenvalue weighted by Crippen LogP contribution is 2.35. The first-order valence-electron chi connectivity index (χ1n) is 11.9. The van der Waals surface area contributed by atoms with Gasteiger partial charge in [0.15, 0.2) is 5.16 Å². The quantitative estimate of drug-likeness (QED) is 0.129. The predicted molar refractivity (Wildman–Crippen MR) is 154 cm³/mol. The molecule has 0 radical (unpaired) electrons.